The molecule has 1 rings (SSSR count). The van der Waals surface area contributed by atoms with E-state index in [0.29, 0.717) is 6.42 Å². The van der Waals surface area contributed by atoms with E-state index in [4.69, 9.17) is 9.47 Å². The minimum Gasteiger partial charge on any atom is -0.394 e. The van der Waals surface area contributed by atoms with Crippen molar-refractivity contribution in [3.63, 3.8) is 0 Å². The number of unbranched alkanes of at least 4 members (excludes halogenated alkanes) is 47. The molecule has 0 aromatic heterocycles. The third kappa shape index (κ3) is 42.1. The summed E-state index contributed by atoms with van der Waals surface area (Å²) in [5.41, 5.74) is 0. The first-order chi connectivity index (χ1) is 36.3. The molecule has 1 saturated heterocycles. The van der Waals surface area contributed by atoms with Crippen molar-refractivity contribution in [2.75, 3.05) is 13.2 Å². The van der Waals surface area contributed by atoms with Crippen molar-refractivity contribution in [1.29, 1.82) is 0 Å². The lowest BCUT2D eigenvalue weighted by Gasteiger charge is -2.40. The van der Waals surface area contributed by atoms with Crippen LogP contribution in [0.3, 0.4) is 0 Å². The van der Waals surface area contributed by atoms with Crippen LogP contribution in [0.4, 0.5) is 0 Å². The van der Waals surface area contributed by atoms with Crippen molar-refractivity contribution in [3.8, 4) is 0 Å². The van der Waals surface area contributed by atoms with Gasteiger partial charge in [0.15, 0.2) is 6.29 Å². The highest BCUT2D eigenvalue weighted by Crippen LogP contribution is 2.24. The van der Waals surface area contributed by atoms with E-state index in [9.17, 15) is 35.4 Å². The van der Waals surface area contributed by atoms with Gasteiger partial charge in [-0.2, -0.15) is 0 Å². The summed E-state index contributed by atoms with van der Waals surface area (Å²) in [5.74, 6) is -0.248. The van der Waals surface area contributed by atoms with Crippen LogP contribution in [0.5, 0.6) is 0 Å². The van der Waals surface area contributed by atoms with Gasteiger partial charge in [-0.15, -0.1) is 0 Å². The van der Waals surface area contributed by atoms with Gasteiger partial charge in [0, 0.05) is 6.42 Å². The average Bonchev–Trinajstić information content (AvgIpc) is 3.40. The van der Waals surface area contributed by atoms with Crippen molar-refractivity contribution in [2.45, 2.75) is 390 Å². The molecule has 1 fully saturated rings. The normalized spacial score (nSPS) is 19.3. The van der Waals surface area contributed by atoms with Crippen molar-refractivity contribution in [3.05, 3.63) is 0 Å². The fourth-order valence-electron chi connectivity index (χ4n) is 11.1. The van der Waals surface area contributed by atoms with Gasteiger partial charge < -0.3 is 45.4 Å². The SMILES string of the molecule is CCCCCCCCCCCCCCCCCCCCCCCCCCCCCCCCCCCC(=O)N[C@@H](CO[C@@H]1O[C@H](CO)[C@@H](O)C(O)C1O)[C@H](O)[C@H](O)CCCCCCCCCCCCCCCCCC. The highest BCUT2D eigenvalue weighted by molar-refractivity contribution is 5.76. The van der Waals surface area contributed by atoms with Crippen LogP contribution >= 0.6 is 0 Å². The molecule has 0 aromatic carbocycles. The summed E-state index contributed by atoms with van der Waals surface area (Å²) in [5, 5.41) is 65.7. The molecule has 8 atom stereocenters. The van der Waals surface area contributed by atoms with Crippen molar-refractivity contribution < 1.29 is 44.9 Å². The Morgan fingerprint density at radius 1 is 0.419 bits per heavy atom. The Bertz CT molecular complexity index is 1150. The molecule has 0 spiro atoms. The van der Waals surface area contributed by atoms with Gasteiger partial charge in [-0.1, -0.05) is 322 Å². The molecule has 0 radical (unpaired) electrons. The summed E-state index contributed by atoms with van der Waals surface area (Å²) in [6, 6.07) is -0.987. The van der Waals surface area contributed by atoms with Gasteiger partial charge in [0.1, 0.15) is 30.5 Å². The van der Waals surface area contributed by atoms with E-state index >= 15 is 0 Å². The number of carbonyl (C=O) groups is 1. The maximum absolute atomic E-state index is 13.1. The van der Waals surface area contributed by atoms with E-state index in [-0.39, 0.29) is 18.9 Å². The predicted molar refractivity (Wildman–Crippen MR) is 310 cm³/mol. The summed E-state index contributed by atoms with van der Waals surface area (Å²) in [4.78, 5) is 13.1. The van der Waals surface area contributed by atoms with E-state index < -0.39 is 55.6 Å². The largest absolute Gasteiger partial charge is 0.394 e. The summed E-state index contributed by atoms with van der Waals surface area (Å²) < 4.78 is 11.2. The molecule has 2 unspecified atom stereocenters. The Morgan fingerprint density at radius 3 is 1.00 bits per heavy atom. The van der Waals surface area contributed by atoms with E-state index in [2.05, 4.69) is 19.2 Å². The first-order valence-corrected chi connectivity index (χ1v) is 32.8. The summed E-state index contributed by atoms with van der Waals surface area (Å²) >= 11 is 0. The Labute approximate surface area is 457 Å². The molecule has 7 N–H and O–H groups in total. The van der Waals surface area contributed by atoms with Gasteiger partial charge in [0.25, 0.3) is 0 Å². The third-order valence-corrected chi connectivity index (χ3v) is 16.3. The highest BCUT2D eigenvalue weighted by atomic mass is 16.7. The third-order valence-electron chi connectivity index (χ3n) is 16.3. The molecule has 10 heteroatoms. The van der Waals surface area contributed by atoms with Crippen molar-refractivity contribution in [2.24, 2.45) is 0 Å². The highest BCUT2D eigenvalue weighted by Gasteiger charge is 2.44. The monoisotopic (exact) mass is 1050 g/mol. The zero-order chi connectivity index (χ0) is 53.8. The minimum absolute atomic E-state index is 0.248. The van der Waals surface area contributed by atoms with Crippen LogP contribution in [0.15, 0.2) is 0 Å². The standard InChI is InChI=1S/C64H127NO9/c1-3-5-7-9-11-13-15-17-19-21-22-23-24-25-26-27-28-29-30-31-32-33-34-35-36-37-39-41-43-45-47-49-51-53-59(68)65-56(55-73-64-63(72)62(71)61(70)58(54-66)74-64)60(69)57(67)52-50-48-46-44-42-40-38-20-18-16-14-12-10-8-6-4-2/h56-58,60-64,66-67,69-72H,3-55H2,1-2H3,(H,65,68)/t56-,57+,58+,60-,61+,62?,63?,64+/m0/s1. The van der Waals surface area contributed by atoms with Crippen LogP contribution in [0.1, 0.15) is 341 Å². The van der Waals surface area contributed by atoms with E-state index in [0.717, 1.165) is 38.5 Å². The lowest BCUT2D eigenvalue weighted by molar-refractivity contribution is -0.303. The lowest BCUT2D eigenvalue weighted by atomic mass is 9.98. The molecule has 1 amide bonds. The zero-order valence-electron chi connectivity index (χ0n) is 49.0. The summed E-state index contributed by atoms with van der Waals surface area (Å²) in [7, 11) is 0. The second-order valence-corrected chi connectivity index (χ2v) is 23.4. The van der Waals surface area contributed by atoms with Crippen LogP contribution in [0, 0.1) is 0 Å². The van der Waals surface area contributed by atoms with Gasteiger partial charge in [0.2, 0.25) is 5.91 Å². The molecule has 1 aliphatic rings. The molecule has 442 valence electrons. The number of amides is 1. The van der Waals surface area contributed by atoms with E-state index in [1.807, 2.05) is 0 Å². The maximum Gasteiger partial charge on any atom is 0.220 e. The topological polar surface area (TPSA) is 169 Å². The van der Waals surface area contributed by atoms with Crippen molar-refractivity contribution in [1.82, 2.24) is 5.32 Å². The Morgan fingerprint density at radius 2 is 0.703 bits per heavy atom. The summed E-state index contributed by atoms with van der Waals surface area (Å²) in [6.07, 6.45) is 55.8. The summed E-state index contributed by atoms with van der Waals surface area (Å²) in [6.45, 7) is 3.67. The minimum atomic E-state index is -1.60. The Hall–Kier alpha value is -0.850. The first-order valence-electron chi connectivity index (χ1n) is 32.8. The van der Waals surface area contributed by atoms with E-state index in [1.54, 1.807) is 0 Å². The molecule has 0 bridgehead atoms. The number of hydrogen-bond donors (Lipinski definition) is 7. The fourth-order valence-corrected chi connectivity index (χ4v) is 11.1. The first kappa shape index (κ1) is 71.2. The van der Waals surface area contributed by atoms with Gasteiger partial charge in [0.05, 0.1) is 25.4 Å². The van der Waals surface area contributed by atoms with Crippen LogP contribution < -0.4 is 5.32 Å². The molecular weight excluding hydrogens is 927 g/mol. The maximum atomic E-state index is 13.1. The molecular formula is C64H127NO9. The zero-order valence-corrected chi connectivity index (χ0v) is 49.0. The van der Waals surface area contributed by atoms with E-state index in [1.165, 1.54) is 276 Å². The van der Waals surface area contributed by atoms with Crippen LogP contribution in [-0.2, 0) is 14.3 Å². The van der Waals surface area contributed by atoms with Crippen LogP contribution in [0.2, 0.25) is 0 Å². The lowest BCUT2D eigenvalue weighted by Crippen LogP contribution is -2.60. The smallest absolute Gasteiger partial charge is 0.220 e. The second kappa shape index (κ2) is 54.1. The van der Waals surface area contributed by atoms with Gasteiger partial charge >= 0.3 is 0 Å². The fraction of sp³-hybridized carbons (Fsp3) is 0.984. The molecule has 1 heterocycles. The second-order valence-electron chi connectivity index (χ2n) is 23.4. The quantitative estimate of drug-likeness (QED) is 0.0293. The van der Waals surface area contributed by atoms with Crippen LogP contribution in [0.25, 0.3) is 0 Å². The molecule has 0 aliphatic carbocycles. The molecule has 74 heavy (non-hydrogen) atoms. The number of hydrogen-bond acceptors (Lipinski definition) is 9. The van der Waals surface area contributed by atoms with Gasteiger partial charge in [-0.25, -0.2) is 0 Å². The molecule has 10 nitrogen and oxygen atoms in total. The van der Waals surface area contributed by atoms with Crippen molar-refractivity contribution >= 4 is 5.91 Å². The number of rotatable bonds is 58. The number of aliphatic hydroxyl groups is 6. The predicted octanol–water partition coefficient (Wildman–Crippen LogP) is 15.9. The number of carbonyl (C=O) groups excluding carboxylic acids is 1. The Balaban J connectivity index is 2.11. The Kier molecular flexibility index (Phi) is 52.0. The van der Waals surface area contributed by atoms with Crippen LogP contribution in [-0.4, -0.2) is 98.7 Å². The van der Waals surface area contributed by atoms with Gasteiger partial charge in [-0.3, -0.25) is 4.79 Å². The number of nitrogens with one attached hydrogen (secondary N) is 1. The number of aliphatic hydroxyl groups excluding tert-OH is 6. The molecule has 0 saturated carbocycles. The number of ether oxygens (including phenoxy) is 2. The van der Waals surface area contributed by atoms with Gasteiger partial charge in [-0.05, 0) is 12.8 Å². The molecule has 0 aromatic rings. The molecule has 1 aliphatic heterocycles. The average molecular weight is 1050 g/mol.